The Kier molecular flexibility index (Phi) is 4.35. The van der Waals surface area contributed by atoms with Crippen molar-refractivity contribution in [2.75, 3.05) is 19.3 Å². The molecule has 0 aromatic carbocycles. The number of carbonyl (C=O) groups excluding carboxylic acids is 1. The highest BCUT2D eigenvalue weighted by molar-refractivity contribution is 7.88. The van der Waals surface area contributed by atoms with Crippen molar-refractivity contribution >= 4 is 21.6 Å². The van der Waals surface area contributed by atoms with Crippen LogP contribution in [0.5, 0.6) is 0 Å². The molecule has 2 aromatic rings. The number of aromatic nitrogens is 2. The molecule has 0 spiro atoms. The van der Waals surface area contributed by atoms with Gasteiger partial charge in [0, 0.05) is 25.5 Å². The van der Waals surface area contributed by atoms with E-state index in [9.17, 15) is 13.2 Å². The molecule has 2 N–H and O–H groups in total. The van der Waals surface area contributed by atoms with Crippen molar-refractivity contribution in [2.45, 2.75) is 6.42 Å². The molecule has 0 radical (unpaired) electrons. The summed E-state index contributed by atoms with van der Waals surface area (Å²) in [6, 6.07) is 5.51. The highest BCUT2D eigenvalue weighted by Gasteiger charge is 2.09. The predicted molar refractivity (Wildman–Crippen MR) is 75.0 cm³/mol. The average molecular weight is 296 g/mol. The van der Waals surface area contributed by atoms with Gasteiger partial charge in [-0.3, -0.25) is 4.79 Å². The van der Waals surface area contributed by atoms with E-state index in [4.69, 9.17) is 0 Å². The zero-order chi connectivity index (χ0) is 14.6. The van der Waals surface area contributed by atoms with Crippen LogP contribution in [-0.4, -0.2) is 43.1 Å². The van der Waals surface area contributed by atoms with Crippen molar-refractivity contribution in [3.63, 3.8) is 0 Å². The van der Waals surface area contributed by atoms with E-state index in [1.54, 1.807) is 10.6 Å². The molecule has 2 rings (SSSR count). The number of hydrogen-bond donors (Lipinski definition) is 2. The normalized spacial score (nSPS) is 11.7. The number of rotatable bonds is 6. The van der Waals surface area contributed by atoms with E-state index in [2.05, 4.69) is 15.0 Å². The van der Waals surface area contributed by atoms with Gasteiger partial charge < -0.3 is 9.72 Å². The van der Waals surface area contributed by atoms with E-state index < -0.39 is 10.0 Å². The van der Waals surface area contributed by atoms with Gasteiger partial charge in [-0.1, -0.05) is 6.07 Å². The maximum absolute atomic E-state index is 11.8. The lowest BCUT2D eigenvalue weighted by Crippen LogP contribution is -2.29. The van der Waals surface area contributed by atoms with E-state index in [1.807, 2.05) is 24.4 Å². The van der Waals surface area contributed by atoms with Crippen LogP contribution in [0.1, 0.15) is 16.9 Å². The van der Waals surface area contributed by atoms with Crippen molar-refractivity contribution in [3.8, 4) is 0 Å². The summed E-state index contributed by atoms with van der Waals surface area (Å²) in [7, 11) is -3.17. The van der Waals surface area contributed by atoms with Gasteiger partial charge in [-0.25, -0.2) is 18.1 Å². The third-order valence-corrected chi connectivity index (χ3v) is 3.33. The van der Waals surface area contributed by atoms with Gasteiger partial charge in [0.1, 0.15) is 11.3 Å². The zero-order valence-electron chi connectivity index (χ0n) is 11.0. The average Bonchev–Trinajstić information content (AvgIpc) is 2.80. The van der Waals surface area contributed by atoms with E-state index in [1.165, 1.54) is 0 Å². The number of sulfonamides is 1. The number of pyridine rings is 1. The van der Waals surface area contributed by atoms with Crippen molar-refractivity contribution in [1.29, 1.82) is 0 Å². The fourth-order valence-electron chi connectivity index (χ4n) is 1.68. The van der Waals surface area contributed by atoms with Gasteiger partial charge in [0.05, 0.1) is 6.26 Å². The standard InChI is InChI=1S/C12H16N4O3S/c1-20(18,19)14-7-4-6-13-12(17)10-9-16-8-3-2-5-11(16)15-10/h2-3,5,8-9,14H,4,6-7H2,1H3,(H,13,17). The minimum absolute atomic E-state index is 0.270. The van der Waals surface area contributed by atoms with Crippen molar-refractivity contribution in [2.24, 2.45) is 0 Å². The number of nitrogens with one attached hydrogen (secondary N) is 2. The molecule has 108 valence electrons. The molecule has 0 unspecified atom stereocenters. The Balaban J connectivity index is 1.83. The number of nitrogens with zero attached hydrogens (tertiary/aromatic N) is 2. The SMILES string of the molecule is CS(=O)(=O)NCCCNC(=O)c1cn2ccccc2n1. The first-order valence-corrected chi connectivity index (χ1v) is 8.01. The number of imidazole rings is 1. The second-order valence-corrected chi connectivity index (χ2v) is 6.20. The molecule has 0 saturated carbocycles. The first-order valence-electron chi connectivity index (χ1n) is 6.12. The second-order valence-electron chi connectivity index (χ2n) is 4.37. The molecular weight excluding hydrogens is 280 g/mol. The third-order valence-electron chi connectivity index (χ3n) is 2.60. The molecule has 0 fully saturated rings. The quantitative estimate of drug-likeness (QED) is 0.734. The smallest absolute Gasteiger partial charge is 0.271 e. The van der Waals surface area contributed by atoms with Crippen molar-refractivity contribution < 1.29 is 13.2 Å². The van der Waals surface area contributed by atoms with Gasteiger partial charge in [-0.15, -0.1) is 0 Å². The molecule has 2 aromatic heterocycles. The second kappa shape index (κ2) is 6.02. The Morgan fingerprint density at radius 3 is 2.85 bits per heavy atom. The van der Waals surface area contributed by atoms with E-state index in [-0.39, 0.29) is 5.91 Å². The van der Waals surface area contributed by atoms with Gasteiger partial charge in [-0.05, 0) is 18.6 Å². The first-order chi connectivity index (χ1) is 9.46. The molecule has 0 atom stereocenters. The molecule has 8 heteroatoms. The monoisotopic (exact) mass is 296 g/mol. The predicted octanol–water partition coefficient (Wildman–Crippen LogP) is 0.00340. The number of carbonyl (C=O) groups is 1. The van der Waals surface area contributed by atoms with Gasteiger partial charge >= 0.3 is 0 Å². The lowest BCUT2D eigenvalue weighted by molar-refractivity contribution is 0.0949. The minimum Gasteiger partial charge on any atom is -0.351 e. The highest BCUT2D eigenvalue weighted by atomic mass is 32.2. The molecule has 0 saturated heterocycles. The van der Waals surface area contributed by atoms with Gasteiger partial charge in [0.15, 0.2) is 0 Å². The molecule has 7 nitrogen and oxygen atoms in total. The van der Waals surface area contributed by atoms with Crippen LogP contribution >= 0.6 is 0 Å². The summed E-state index contributed by atoms with van der Waals surface area (Å²) in [6.45, 7) is 0.680. The Hall–Kier alpha value is -1.93. The lowest BCUT2D eigenvalue weighted by atomic mass is 10.4. The van der Waals surface area contributed by atoms with E-state index >= 15 is 0 Å². The summed E-state index contributed by atoms with van der Waals surface area (Å²) in [5, 5.41) is 2.70. The summed E-state index contributed by atoms with van der Waals surface area (Å²) in [5.74, 6) is -0.270. The summed E-state index contributed by atoms with van der Waals surface area (Å²) in [5.41, 5.74) is 1.05. The van der Waals surface area contributed by atoms with Crippen LogP contribution in [0.15, 0.2) is 30.6 Å². The summed E-state index contributed by atoms with van der Waals surface area (Å²) >= 11 is 0. The Morgan fingerprint density at radius 1 is 1.35 bits per heavy atom. The first kappa shape index (κ1) is 14.5. The Labute approximate surface area is 117 Å². The molecule has 0 bridgehead atoms. The highest BCUT2D eigenvalue weighted by Crippen LogP contribution is 2.04. The number of amides is 1. The minimum atomic E-state index is -3.17. The largest absolute Gasteiger partial charge is 0.351 e. The fourth-order valence-corrected chi connectivity index (χ4v) is 2.20. The zero-order valence-corrected chi connectivity index (χ0v) is 11.9. The topological polar surface area (TPSA) is 92.6 Å². The lowest BCUT2D eigenvalue weighted by Gasteiger charge is -2.03. The van der Waals surface area contributed by atoms with Crippen LogP contribution in [0.2, 0.25) is 0 Å². The van der Waals surface area contributed by atoms with Crippen LogP contribution in [0.4, 0.5) is 0 Å². The number of hydrogen-bond acceptors (Lipinski definition) is 4. The van der Waals surface area contributed by atoms with Gasteiger partial charge in [-0.2, -0.15) is 0 Å². The molecule has 20 heavy (non-hydrogen) atoms. The molecule has 1 amide bonds. The summed E-state index contributed by atoms with van der Waals surface area (Å²) < 4.78 is 25.8. The maximum Gasteiger partial charge on any atom is 0.271 e. The molecular formula is C12H16N4O3S. The van der Waals surface area contributed by atoms with Crippen LogP contribution in [-0.2, 0) is 10.0 Å². The molecule has 0 aliphatic rings. The van der Waals surface area contributed by atoms with Crippen LogP contribution in [0.3, 0.4) is 0 Å². The van der Waals surface area contributed by atoms with Gasteiger partial charge in [0.25, 0.3) is 5.91 Å². The van der Waals surface area contributed by atoms with Crippen molar-refractivity contribution in [1.82, 2.24) is 19.4 Å². The van der Waals surface area contributed by atoms with Crippen LogP contribution < -0.4 is 10.0 Å². The Bertz CT molecular complexity index is 675. The van der Waals surface area contributed by atoms with Crippen LogP contribution in [0, 0.1) is 0 Å². The van der Waals surface area contributed by atoms with E-state index in [0.29, 0.717) is 30.9 Å². The maximum atomic E-state index is 11.8. The van der Waals surface area contributed by atoms with Gasteiger partial charge in [0.2, 0.25) is 10.0 Å². The van der Waals surface area contributed by atoms with Crippen LogP contribution in [0.25, 0.3) is 5.65 Å². The summed E-state index contributed by atoms with van der Waals surface area (Å²) in [4.78, 5) is 16.0. The third kappa shape index (κ3) is 4.04. The fraction of sp³-hybridized carbons (Fsp3) is 0.333. The van der Waals surface area contributed by atoms with E-state index in [0.717, 1.165) is 6.26 Å². The number of fused-ring (bicyclic) bond motifs is 1. The van der Waals surface area contributed by atoms with Crippen molar-refractivity contribution in [3.05, 3.63) is 36.3 Å². The summed E-state index contributed by atoms with van der Waals surface area (Å²) in [6.07, 6.45) is 5.09. The molecule has 2 heterocycles. The Morgan fingerprint density at radius 2 is 2.15 bits per heavy atom. The molecule has 0 aliphatic carbocycles. The molecule has 0 aliphatic heterocycles.